The largest absolute Gasteiger partial charge is 0.349 e. The summed E-state index contributed by atoms with van der Waals surface area (Å²) in [6.07, 6.45) is 2.34. The quantitative estimate of drug-likeness (QED) is 0.877. The Morgan fingerprint density at radius 1 is 1.32 bits per heavy atom. The van der Waals surface area contributed by atoms with Crippen LogP contribution in [0.5, 0.6) is 0 Å². The number of aromatic nitrogens is 1. The Bertz CT molecular complexity index is 662. The highest BCUT2D eigenvalue weighted by Gasteiger charge is 2.28. The Hall–Kier alpha value is -1.07. The molecule has 1 aromatic heterocycles. The van der Waals surface area contributed by atoms with E-state index < -0.39 is 0 Å². The number of carbonyl (C=O) groups is 1. The lowest BCUT2D eigenvalue weighted by Gasteiger charge is -2.11. The first kappa shape index (κ1) is 19.0. The molecule has 3 N–H and O–H groups in total. The third-order valence-corrected chi connectivity index (χ3v) is 3.85. The van der Waals surface area contributed by atoms with Crippen LogP contribution in [-0.2, 0) is 0 Å². The number of rotatable bonds is 4. The van der Waals surface area contributed by atoms with Crippen LogP contribution in [0.15, 0.2) is 30.3 Å². The van der Waals surface area contributed by atoms with E-state index in [1.165, 1.54) is 12.8 Å². The lowest BCUT2D eigenvalue weighted by atomic mass is 10.2. The van der Waals surface area contributed by atoms with Gasteiger partial charge in [0.15, 0.2) is 0 Å². The molecule has 1 atom stereocenters. The van der Waals surface area contributed by atoms with Crippen LogP contribution >= 0.6 is 36.4 Å². The van der Waals surface area contributed by atoms with E-state index in [1.54, 1.807) is 18.2 Å². The summed E-state index contributed by atoms with van der Waals surface area (Å²) in [6, 6.07) is 9.08. The molecule has 1 aliphatic rings. The van der Waals surface area contributed by atoms with Crippen molar-refractivity contribution in [3.63, 3.8) is 0 Å². The molecule has 120 valence electrons. The van der Waals surface area contributed by atoms with Gasteiger partial charge < -0.3 is 11.1 Å². The fourth-order valence-corrected chi connectivity index (χ4v) is 2.38. The van der Waals surface area contributed by atoms with E-state index in [0.717, 1.165) is 10.9 Å². The first-order valence-electron chi connectivity index (χ1n) is 6.73. The number of benzene rings is 1. The molecule has 1 fully saturated rings. The second-order valence-corrected chi connectivity index (χ2v) is 5.68. The molecule has 1 aliphatic carbocycles. The van der Waals surface area contributed by atoms with E-state index in [4.69, 9.17) is 17.3 Å². The standard InChI is InChI=1S/C15H16ClN3O.2ClH/c16-11-5-3-10-4-6-13(19-14(10)7-11)15(20)18-8-12(17)9-1-2-9;;/h3-7,9,12H,1-2,8,17H2,(H,18,20);2*1H. The number of hydrogen-bond donors (Lipinski definition) is 2. The number of carbonyl (C=O) groups excluding carboxylic acids is 1. The van der Waals surface area contributed by atoms with Crippen LogP contribution in [-0.4, -0.2) is 23.5 Å². The summed E-state index contributed by atoms with van der Waals surface area (Å²) in [5.74, 6) is 0.377. The van der Waals surface area contributed by atoms with Gasteiger partial charge in [-0.15, -0.1) is 24.8 Å². The zero-order chi connectivity index (χ0) is 14.1. The first-order chi connectivity index (χ1) is 9.63. The topological polar surface area (TPSA) is 68.0 Å². The fraction of sp³-hybridized carbons (Fsp3) is 0.333. The third-order valence-electron chi connectivity index (χ3n) is 3.61. The van der Waals surface area contributed by atoms with Gasteiger partial charge in [0.2, 0.25) is 0 Å². The second kappa shape index (κ2) is 7.97. The summed E-state index contributed by atoms with van der Waals surface area (Å²) in [7, 11) is 0. The molecular weight excluding hydrogens is 345 g/mol. The maximum atomic E-state index is 12.1. The molecule has 0 bridgehead atoms. The Balaban J connectivity index is 0.00000121. The average molecular weight is 363 g/mol. The number of amides is 1. The monoisotopic (exact) mass is 361 g/mol. The molecule has 0 saturated heterocycles. The van der Waals surface area contributed by atoms with Crippen LogP contribution in [0.1, 0.15) is 23.3 Å². The van der Waals surface area contributed by atoms with E-state index >= 15 is 0 Å². The summed E-state index contributed by atoms with van der Waals surface area (Å²) in [5, 5.41) is 4.41. The zero-order valence-corrected chi connectivity index (χ0v) is 14.2. The maximum absolute atomic E-state index is 12.1. The van der Waals surface area contributed by atoms with Gasteiger partial charge in [-0.3, -0.25) is 4.79 Å². The predicted molar refractivity (Wildman–Crippen MR) is 94.3 cm³/mol. The minimum absolute atomic E-state index is 0. The van der Waals surface area contributed by atoms with Crippen LogP contribution in [0, 0.1) is 5.92 Å². The summed E-state index contributed by atoms with van der Waals surface area (Å²) in [5.41, 5.74) is 7.07. The number of fused-ring (bicyclic) bond motifs is 1. The van der Waals surface area contributed by atoms with Gasteiger partial charge in [-0.25, -0.2) is 4.98 Å². The minimum Gasteiger partial charge on any atom is -0.349 e. The molecule has 1 heterocycles. The number of nitrogens with two attached hydrogens (primary N) is 1. The number of nitrogens with one attached hydrogen (secondary N) is 1. The maximum Gasteiger partial charge on any atom is 0.269 e. The molecule has 2 aromatic rings. The fourth-order valence-electron chi connectivity index (χ4n) is 2.21. The predicted octanol–water partition coefficient (Wildman–Crippen LogP) is 3.20. The van der Waals surface area contributed by atoms with Crippen molar-refractivity contribution in [3.8, 4) is 0 Å². The van der Waals surface area contributed by atoms with Crippen molar-refractivity contribution < 1.29 is 4.79 Å². The van der Waals surface area contributed by atoms with Gasteiger partial charge in [-0.05, 0) is 37.0 Å². The number of nitrogens with zero attached hydrogens (tertiary/aromatic N) is 1. The highest BCUT2D eigenvalue weighted by molar-refractivity contribution is 6.31. The number of halogens is 3. The van der Waals surface area contributed by atoms with Crippen LogP contribution < -0.4 is 11.1 Å². The molecule has 7 heteroatoms. The van der Waals surface area contributed by atoms with Crippen molar-refractivity contribution in [2.24, 2.45) is 11.7 Å². The van der Waals surface area contributed by atoms with E-state index in [0.29, 0.717) is 23.2 Å². The van der Waals surface area contributed by atoms with E-state index in [9.17, 15) is 4.79 Å². The molecule has 3 rings (SSSR count). The Kier molecular flexibility index (Phi) is 6.88. The normalized spacial score (nSPS) is 14.6. The molecule has 22 heavy (non-hydrogen) atoms. The van der Waals surface area contributed by atoms with Crippen molar-refractivity contribution >= 4 is 53.2 Å². The Morgan fingerprint density at radius 2 is 2.00 bits per heavy atom. The van der Waals surface area contributed by atoms with E-state index in [-0.39, 0.29) is 36.8 Å². The molecule has 1 aromatic carbocycles. The van der Waals surface area contributed by atoms with Gasteiger partial charge in [-0.1, -0.05) is 23.7 Å². The molecule has 0 radical (unpaired) electrons. The molecule has 1 unspecified atom stereocenters. The summed E-state index contributed by atoms with van der Waals surface area (Å²) >= 11 is 5.94. The summed E-state index contributed by atoms with van der Waals surface area (Å²) < 4.78 is 0. The number of pyridine rings is 1. The first-order valence-corrected chi connectivity index (χ1v) is 7.11. The summed E-state index contributed by atoms with van der Waals surface area (Å²) in [4.78, 5) is 16.4. The third kappa shape index (κ3) is 4.46. The Labute approximate surface area is 146 Å². The van der Waals surface area contributed by atoms with E-state index in [2.05, 4.69) is 10.3 Å². The van der Waals surface area contributed by atoms with Crippen LogP contribution in [0.3, 0.4) is 0 Å². The van der Waals surface area contributed by atoms with Gasteiger partial charge in [0.25, 0.3) is 5.91 Å². The van der Waals surface area contributed by atoms with Crippen LogP contribution in [0.4, 0.5) is 0 Å². The molecular formula is C15H18Cl3N3O. The van der Waals surface area contributed by atoms with E-state index in [1.807, 2.05) is 12.1 Å². The second-order valence-electron chi connectivity index (χ2n) is 5.24. The minimum atomic E-state index is -0.192. The highest BCUT2D eigenvalue weighted by atomic mass is 35.5. The van der Waals surface area contributed by atoms with Crippen LogP contribution in [0.2, 0.25) is 5.02 Å². The SMILES string of the molecule is Cl.Cl.NC(CNC(=O)c1ccc2ccc(Cl)cc2n1)C1CC1. The van der Waals surface area contributed by atoms with Crippen molar-refractivity contribution in [2.75, 3.05) is 6.54 Å². The zero-order valence-electron chi connectivity index (χ0n) is 11.8. The molecule has 1 saturated carbocycles. The average Bonchev–Trinajstić information content (AvgIpc) is 3.28. The van der Waals surface area contributed by atoms with Gasteiger partial charge in [0, 0.05) is 23.0 Å². The van der Waals surface area contributed by atoms with Gasteiger partial charge in [0.05, 0.1) is 5.52 Å². The van der Waals surface area contributed by atoms with Crippen molar-refractivity contribution in [3.05, 3.63) is 41.0 Å². The van der Waals surface area contributed by atoms with Crippen molar-refractivity contribution in [2.45, 2.75) is 18.9 Å². The molecule has 0 spiro atoms. The lowest BCUT2D eigenvalue weighted by molar-refractivity contribution is 0.0945. The smallest absolute Gasteiger partial charge is 0.269 e. The highest BCUT2D eigenvalue weighted by Crippen LogP contribution is 2.31. The van der Waals surface area contributed by atoms with Gasteiger partial charge >= 0.3 is 0 Å². The Morgan fingerprint density at radius 3 is 2.68 bits per heavy atom. The molecule has 1 amide bonds. The summed E-state index contributed by atoms with van der Waals surface area (Å²) in [6.45, 7) is 0.499. The van der Waals surface area contributed by atoms with Gasteiger partial charge in [-0.2, -0.15) is 0 Å². The number of hydrogen-bond acceptors (Lipinski definition) is 3. The van der Waals surface area contributed by atoms with Crippen molar-refractivity contribution in [1.29, 1.82) is 0 Å². The van der Waals surface area contributed by atoms with Crippen LogP contribution in [0.25, 0.3) is 10.9 Å². The lowest BCUT2D eigenvalue weighted by Crippen LogP contribution is -2.38. The molecule has 0 aliphatic heterocycles. The van der Waals surface area contributed by atoms with Crippen molar-refractivity contribution in [1.82, 2.24) is 10.3 Å². The molecule has 4 nitrogen and oxygen atoms in total. The van der Waals surface area contributed by atoms with Gasteiger partial charge in [0.1, 0.15) is 5.69 Å².